The minimum absolute atomic E-state index is 0.337. The van der Waals surface area contributed by atoms with Crippen molar-refractivity contribution in [2.24, 2.45) is 5.41 Å². The van der Waals surface area contributed by atoms with E-state index >= 15 is 0 Å². The Bertz CT molecular complexity index is 303. The molecule has 0 spiro atoms. The Hall–Kier alpha value is -0.0900. The van der Waals surface area contributed by atoms with Crippen LogP contribution in [0, 0.1) is 5.41 Å². The molecular formula is C10H15ClO2S. The Kier molecular flexibility index (Phi) is 3.58. The van der Waals surface area contributed by atoms with Gasteiger partial charge in [-0.05, 0) is 17.5 Å². The summed E-state index contributed by atoms with van der Waals surface area (Å²) >= 11 is 7.04. The van der Waals surface area contributed by atoms with Crippen molar-refractivity contribution in [2.45, 2.75) is 33.0 Å². The van der Waals surface area contributed by atoms with Crippen molar-refractivity contribution >= 4 is 22.9 Å². The van der Waals surface area contributed by atoms with E-state index in [-0.39, 0.29) is 5.41 Å². The highest BCUT2D eigenvalue weighted by Gasteiger charge is 2.30. The highest BCUT2D eigenvalue weighted by Crippen LogP contribution is 2.34. The van der Waals surface area contributed by atoms with E-state index in [0.29, 0.717) is 9.21 Å². The average Bonchev–Trinajstić information content (AvgIpc) is 2.47. The lowest BCUT2D eigenvalue weighted by molar-refractivity contribution is -0.0442. The van der Waals surface area contributed by atoms with Gasteiger partial charge < -0.3 is 10.2 Å². The van der Waals surface area contributed by atoms with Crippen LogP contribution in [0.1, 0.15) is 31.8 Å². The van der Waals surface area contributed by atoms with Gasteiger partial charge >= 0.3 is 0 Å². The van der Waals surface area contributed by atoms with Gasteiger partial charge in [-0.3, -0.25) is 0 Å². The number of thiophene rings is 1. The van der Waals surface area contributed by atoms with Gasteiger partial charge in [0.15, 0.2) is 0 Å². The number of rotatable bonds is 2. The van der Waals surface area contributed by atoms with Crippen LogP contribution >= 0.6 is 22.9 Å². The van der Waals surface area contributed by atoms with Gasteiger partial charge in [0.05, 0.1) is 10.4 Å². The zero-order valence-electron chi connectivity index (χ0n) is 8.49. The highest BCUT2D eigenvalue weighted by molar-refractivity contribution is 7.16. The van der Waals surface area contributed by atoms with Gasteiger partial charge in [0.2, 0.25) is 0 Å². The zero-order chi connectivity index (χ0) is 10.9. The SMILES string of the molecule is CC(C)(C)C(O)C(O)c1ccc(Cl)s1. The first-order valence-electron chi connectivity index (χ1n) is 4.43. The normalized spacial score (nSPS) is 16.7. The lowest BCUT2D eigenvalue weighted by Gasteiger charge is -2.29. The van der Waals surface area contributed by atoms with Crippen LogP contribution in [0.4, 0.5) is 0 Å². The molecule has 0 saturated heterocycles. The Balaban J connectivity index is 2.80. The summed E-state index contributed by atoms with van der Waals surface area (Å²) in [6, 6.07) is 3.47. The zero-order valence-corrected chi connectivity index (χ0v) is 10.1. The predicted octanol–water partition coefficient (Wildman–Crippen LogP) is 2.84. The quantitative estimate of drug-likeness (QED) is 0.826. The molecule has 1 heterocycles. The molecule has 0 aliphatic heterocycles. The van der Waals surface area contributed by atoms with Gasteiger partial charge in [-0.2, -0.15) is 0 Å². The fourth-order valence-corrected chi connectivity index (χ4v) is 2.19. The largest absolute Gasteiger partial charge is 0.389 e. The van der Waals surface area contributed by atoms with E-state index in [1.165, 1.54) is 11.3 Å². The van der Waals surface area contributed by atoms with E-state index in [0.717, 1.165) is 0 Å². The lowest BCUT2D eigenvalue weighted by atomic mass is 9.85. The maximum Gasteiger partial charge on any atom is 0.115 e. The van der Waals surface area contributed by atoms with Crippen LogP contribution in [0.5, 0.6) is 0 Å². The third-order valence-corrected chi connectivity index (χ3v) is 3.37. The highest BCUT2D eigenvalue weighted by atomic mass is 35.5. The molecule has 0 aromatic carbocycles. The molecular weight excluding hydrogens is 220 g/mol. The average molecular weight is 235 g/mol. The van der Waals surface area contributed by atoms with Gasteiger partial charge in [0.25, 0.3) is 0 Å². The summed E-state index contributed by atoms with van der Waals surface area (Å²) in [6.45, 7) is 5.66. The molecule has 1 aromatic rings. The summed E-state index contributed by atoms with van der Waals surface area (Å²) in [5.74, 6) is 0. The Morgan fingerprint density at radius 3 is 2.21 bits per heavy atom. The van der Waals surface area contributed by atoms with Gasteiger partial charge in [0, 0.05) is 4.88 Å². The third kappa shape index (κ3) is 2.70. The summed E-state index contributed by atoms with van der Waals surface area (Å²) in [5.41, 5.74) is -0.337. The summed E-state index contributed by atoms with van der Waals surface area (Å²) in [6.07, 6.45) is -1.63. The minimum atomic E-state index is -0.854. The number of hydrogen-bond acceptors (Lipinski definition) is 3. The summed E-state index contributed by atoms with van der Waals surface area (Å²) in [4.78, 5) is 0.706. The maximum atomic E-state index is 9.84. The number of hydrogen-bond donors (Lipinski definition) is 2. The summed E-state index contributed by atoms with van der Waals surface area (Å²) in [7, 11) is 0. The molecule has 0 bridgehead atoms. The maximum absolute atomic E-state index is 9.84. The molecule has 0 amide bonds. The second-order valence-electron chi connectivity index (χ2n) is 4.40. The van der Waals surface area contributed by atoms with Crippen LogP contribution in [0.2, 0.25) is 4.34 Å². The second-order valence-corrected chi connectivity index (χ2v) is 6.14. The smallest absolute Gasteiger partial charge is 0.115 e. The van der Waals surface area contributed by atoms with E-state index in [9.17, 15) is 10.2 Å². The molecule has 0 aliphatic rings. The van der Waals surface area contributed by atoms with Gasteiger partial charge in [0.1, 0.15) is 6.10 Å². The summed E-state index contributed by atoms with van der Waals surface area (Å²) < 4.78 is 0.625. The molecule has 2 unspecified atom stereocenters. The lowest BCUT2D eigenvalue weighted by Crippen LogP contribution is -2.31. The summed E-state index contributed by atoms with van der Waals surface area (Å²) in [5, 5.41) is 19.7. The molecule has 0 saturated carbocycles. The van der Waals surface area contributed by atoms with Gasteiger partial charge in [-0.1, -0.05) is 32.4 Å². The van der Waals surface area contributed by atoms with Crippen molar-refractivity contribution in [3.05, 3.63) is 21.3 Å². The minimum Gasteiger partial charge on any atom is -0.389 e. The topological polar surface area (TPSA) is 40.5 Å². The van der Waals surface area contributed by atoms with E-state index in [1.807, 2.05) is 20.8 Å². The molecule has 1 rings (SSSR count). The van der Waals surface area contributed by atoms with Crippen LogP contribution in [0.3, 0.4) is 0 Å². The Morgan fingerprint density at radius 1 is 1.29 bits per heavy atom. The fourth-order valence-electron chi connectivity index (χ4n) is 1.12. The third-order valence-electron chi connectivity index (χ3n) is 2.07. The fraction of sp³-hybridized carbons (Fsp3) is 0.600. The standard InChI is InChI=1S/C10H15ClO2S/c1-10(2,3)9(13)8(12)6-4-5-7(11)14-6/h4-5,8-9,12-13H,1-3H3. The van der Waals surface area contributed by atoms with E-state index in [4.69, 9.17) is 11.6 Å². The van der Waals surface area contributed by atoms with Gasteiger partial charge in [-0.25, -0.2) is 0 Å². The predicted molar refractivity (Wildman–Crippen MR) is 59.8 cm³/mol. The number of aliphatic hydroxyl groups is 2. The molecule has 80 valence electrons. The molecule has 2 N–H and O–H groups in total. The number of halogens is 1. The number of aliphatic hydroxyl groups excluding tert-OH is 2. The van der Waals surface area contributed by atoms with Crippen molar-refractivity contribution in [3.63, 3.8) is 0 Å². The molecule has 1 aromatic heterocycles. The first-order chi connectivity index (χ1) is 6.32. The Labute approximate surface area is 93.2 Å². The molecule has 14 heavy (non-hydrogen) atoms. The van der Waals surface area contributed by atoms with Crippen LogP contribution in [0.15, 0.2) is 12.1 Å². The van der Waals surface area contributed by atoms with Crippen LogP contribution < -0.4 is 0 Å². The van der Waals surface area contributed by atoms with Crippen molar-refractivity contribution in [1.29, 1.82) is 0 Å². The van der Waals surface area contributed by atoms with E-state index < -0.39 is 12.2 Å². The first-order valence-corrected chi connectivity index (χ1v) is 5.63. The molecule has 2 nitrogen and oxygen atoms in total. The molecule has 0 radical (unpaired) electrons. The van der Waals surface area contributed by atoms with Crippen molar-refractivity contribution in [3.8, 4) is 0 Å². The van der Waals surface area contributed by atoms with E-state index in [1.54, 1.807) is 12.1 Å². The van der Waals surface area contributed by atoms with Crippen LogP contribution in [-0.4, -0.2) is 16.3 Å². The Morgan fingerprint density at radius 2 is 1.86 bits per heavy atom. The first kappa shape index (κ1) is 12.0. The van der Waals surface area contributed by atoms with Crippen LogP contribution in [-0.2, 0) is 0 Å². The van der Waals surface area contributed by atoms with Crippen molar-refractivity contribution < 1.29 is 10.2 Å². The van der Waals surface area contributed by atoms with Crippen molar-refractivity contribution in [2.75, 3.05) is 0 Å². The van der Waals surface area contributed by atoms with Crippen molar-refractivity contribution in [1.82, 2.24) is 0 Å². The van der Waals surface area contributed by atoms with Gasteiger partial charge in [-0.15, -0.1) is 11.3 Å². The molecule has 0 fully saturated rings. The monoisotopic (exact) mass is 234 g/mol. The second kappa shape index (κ2) is 4.19. The van der Waals surface area contributed by atoms with Crippen LogP contribution in [0.25, 0.3) is 0 Å². The molecule has 2 atom stereocenters. The molecule has 4 heteroatoms. The molecule has 0 aliphatic carbocycles. The van der Waals surface area contributed by atoms with E-state index in [2.05, 4.69) is 0 Å².